The highest BCUT2D eigenvalue weighted by molar-refractivity contribution is 7.22. The topological polar surface area (TPSA) is 56.8 Å². The summed E-state index contributed by atoms with van der Waals surface area (Å²) in [6, 6.07) is 21.0. The summed E-state index contributed by atoms with van der Waals surface area (Å²) in [5.41, 5.74) is 2.30. The molecular formula is C29H33NO4S. The molecular weight excluding hydrogens is 458 g/mol. The van der Waals surface area contributed by atoms with E-state index < -0.39 is 0 Å². The van der Waals surface area contributed by atoms with Gasteiger partial charge in [0.2, 0.25) is 0 Å². The largest absolute Gasteiger partial charge is 0.497 e. The van der Waals surface area contributed by atoms with Crippen LogP contribution in [0.1, 0.15) is 36.7 Å². The summed E-state index contributed by atoms with van der Waals surface area (Å²) in [5.74, 6) is 2.28. The van der Waals surface area contributed by atoms with Crippen LogP contribution in [0.25, 0.3) is 20.5 Å². The van der Waals surface area contributed by atoms with E-state index in [0.29, 0.717) is 17.7 Å². The molecule has 0 bridgehead atoms. The Morgan fingerprint density at radius 3 is 2.11 bits per heavy atom. The second kappa shape index (κ2) is 12.9. The molecule has 1 N–H and O–H groups in total. The summed E-state index contributed by atoms with van der Waals surface area (Å²) in [4.78, 5) is 14.6. The molecule has 3 aromatic carbocycles. The smallest absolute Gasteiger partial charge is 0.195 e. The van der Waals surface area contributed by atoms with Crippen LogP contribution in [0.3, 0.4) is 0 Å². The minimum absolute atomic E-state index is 0.0172. The van der Waals surface area contributed by atoms with Gasteiger partial charge in [-0.3, -0.25) is 4.79 Å². The van der Waals surface area contributed by atoms with Crippen LogP contribution in [-0.4, -0.2) is 39.7 Å². The van der Waals surface area contributed by atoms with E-state index in [1.807, 2.05) is 80.6 Å². The molecule has 0 aliphatic rings. The number of methoxy groups -OCH3 is 2. The predicted molar refractivity (Wildman–Crippen MR) is 146 cm³/mol. The van der Waals surface area contributed by atoms with Gasteiger partial charge in [0.15, 0.2) is 5.78 Å². The van der Waals surface area contributed by atoms with Gasteiger partial charge in [0.05, 0.1) is 14.2 Å². The van der Waals surface area contributed by atoms with Gasteiger partial charge in [-0.1, -0.05) is 20.8 Å². The van der Waals surface area contributed by atoms with E-state index in [1.165, 1.54) is 0 Å². The Hall–Kier alpha value is -3.35. The number of nitrogens with one attached hydrogen (secondary N) is 1. The normalized spacial score (nSPS) is 10.4. The lowest BCUT2D eigenvalue weighted by molar-refractivity contribution is 0.104. The average molecular weight is 492 g/mol. The van der Waals surface area contributed by atoms with Gasteiger partial charge in [-0.2, -0.15) is 0 Å². The van der Waals surface area contributed by atoms with Crippen LogP contribution in [0, 0.1) is 0 Å². The molecule has 6 heteroatoms. The Bertz CT molecular complexity index is 1230. The lowest BCUT2D eigenvalue weighted by Crippen LogP contribution is -2.20. The Morgan fingerprint density at radius 2 is 1.49 bits per heavy atom. The second-order valence-corrected chi connectivity index (χ2v) is 8.50. The van der Waals surface area contributed by atoms with E-state index in [9.17, 15) is 4.79 Å². The van der Waals surface area contributed by atoms with Crippen LogP contribution in [0.4, 0.5) is 0 Å². The molecule has 0 saturated heterocycles. The third-order valence-corrected chi connectivity index (χ3v) is 6.59. The minimum Gasteiger partial charge on any atom is -0.497 e. The van der Waals surface area contributed by atoms with E-state index in [4.69, 9.17) is 14.2 Å². The van der Waals surface area contributed by atoms with Gasteiger partial charge in [-0.05, 0) is 78.8 Å². The van der Waals surface area contributed by atoms with Crippen LogP contribution in [0.15, 0.2) is 66.7 Å². The van der Waals surface area contributed by atoms with Crippen LogP contribution >= 0.6 is 11.3 Å². The first kappa shape index (κ1) is 26.3. The van der Waals surface area contributed by atoms with Gasteiger partial charge in [0.1, 0.15) is 23.9 Å². The van der Waals surface area contributed by atoms with E-state index in [2.05, 4.69) is 12.2 Å². The van der Waals surface area contributed by atoms with Gasteiger partial charge >= 0.3 is 0 Å². The summed E-state index contributed by atoms with van der Waals surface area (Å²) in [7, 11) is 3.29. The maximum absolute atomic E-state index is 13.7. The van der Waals surface area contributed by atoms with E-state index in [-0.39, 0.29) is 5.78 Å². The Kier molecular flexibility index (Phi) is 9.70. The summed E-state index contributed by atoms with van der Waals surface area (Å²) in [6.07, 6.45) is 0. The van der Waals surface area contributed by atoms with Crippen LogP contribution in [0.2, 0.25) is 0 Å². The van der Waals surface area contributed by atoms with Crippen molar-refractivity contribution in [3.05, 3.63) is 77.9 Å². The van der Waals surface area contributed by atoms with Gasteiger partial charge in [0.25, 0.3) is 0 Å². The zero-order valence-corrected chi connectivity index (χ0v) is 21.8. The van der Waals surface area contributed by atoms with Crippen molar-refractivity contribution in [2.75, 3.05) is 33.9 Å². The van der Waals surface area contributed by atoms with Crippen LogP contribution < -0.4 is 19.5 Å². The quantitative estimate of drug-likeness (QED) is 0.195. The molecule has 0 saturated carbocycles. The predicted octanol–water partition coefficient (Wildman–Crippen LogP) is 6.83. The first-order valence-corrected chi connectivity index (χ1v) is 12.7. The number of rotatable bonds is 10. The Balaban J connectivity index is 0.00000167. The molecule has 4 rings (SSSR count). The number of carbonyl (C=O) groups is 1. The number of hydrogen-bond donors (Lipinski definition) is 1. The number of ketones is 1. The molecule has 0 unspecified atom stereocenters. The highest BCUT2D eigenvalue weighted by atomic mass is 32.1. The number of fused-ring (bicyclic) bond motifs is 1. The summed E-state index contributed by atoms with van der Waals surface area (Å²) >= 11 is 1.59. The SMILES string of the molecule is CC.CCNCCOc1ccc(C(=O)c2c(-c3ccc(OC)cc3)sc3cc(OC)ccc23)cc1. The van der Waals surface area contributed by atoms with Crippen molar-refractivity contribution in [2.45, 2.75) is 20.8 Å². The van der Waals surface area contributed by atoms with Gasteiger partial charge < -0.3 is 19.5 Å². The molecule has 1 aromatic heterocycles. The second-order valence-electron chi connectivity index (χ2n) is 7.45. The number of benzene rings is 3. The summed E-state index contributed by atoms with van der Waals surface area (Å²) < 4.78 is 17.5. The highest BCUT2D eigenvalue weighted by Gasteiger charge is 2.22. The molecule has 0 spiro atoms. The maximum atomic E-state index is 13.7. The van der Waals surface area contributed by atoms with Crippen molar-refractivity contribution in [2.24, 2.45) is 0 Å². The number of ether oxygens (including phenoxy) is 3. The first-order valence-electron chi connectivity index (χ1n) is 11.9. The van der Waals surface area contributed by atoms with Crippen molar-refractivity contribution in [1.82, 2.24) is 5.32 Å². The van der Waals surface area contributed by atoms with Crippen molar-refractivity contribution in [3.8, 4) is 27.7 Å². The molecule has 0 aliphatic carbocycles. The number of carbonyl (C=O) groups excluding carboxylic acids is 1. The molecule has 0 fully saturated rings. The van der Waals surface area contributed by atoms with E-state index >= 15 is 0 Å². The van der Waals surface area contributed by atoms with E-state index in [0.717, 1.165) is 50.9 Å². The lowest BCUT2D eigenvalue weighted by Gasteiger charge is -2.09. The molecule has 4 aromatic rings. The van der Waals surface area contributed by atoms with Crippen molar-refractivity contribution in [3.63, 3.8) is 0 Å². The molecule has 0 aliphatic heterocycles. The first-order chi connectivity index (χ1) is 17.1. The maximum Gasteiger partial charge on any atom is 0.195 e. The Morgan fingerprint density at radius 1 is 0.857 bits per heavy atom. The zero-order valence-electron chi connectivity index (χ0n) is 21.0. The fourth-order valence-corrected chi connectivity index (χ4v) is 4.87. The average Bonchev–Trinajstić information content (AvgIpc) is 3.31. The monoisotopic (exact) mass is 491 g/mol. The van der Waals surface area contributed by atoms with Gasteiger partial charge in [-0.25, -0.2) is 0 Å². The van der Waals surface area contributed by atoms with Gasteiger partial charge in [-0.15, -0.1) is 11.3 Å². The molecule has 35 heavy (non-hydrogen) atoms. The highest BCUT2D eigenvalue weighted by Crippen LogP contribution is 2.41. The lowest BCUT2D eigenvalue weighted by atomic mass is 9.97. The number of thiophene rings is 1. The van der Waals surface area contributed by atoms with Crippen molar-refractivity contribution in [1.29, 1.82) is 0 Å². The van der Waals surface area contributed by atoms with Gasteiger partial charge in [0, 0.05) is 32.6 Å². The molecule has 0 amide bonds. The van der Waals surface area contributed by atoms with E-state index in [1.54, 1.807) is 25.6 Å². The third-order valence-electron chi connectivity index (χ3n) is 5.39. The van der Waals surface area contributed by atoms with Crippen LogP contribution in [-0.2, 0) is 0 Å². The third kappa shape index (κ3) is 6.21. The Labute approximate surface area is 211 Å². The number of hydrogen-bond acceptors (Lipinski definition) is 6. The molecule has 184 valence electrons. The minimum atomic E-state index is -0.0172. The molecule has 0 atom stereocenters. The number of likely N-dealkylation sites (N-methyl/N-ethyl adjacent to an activating group) is 1. The molecule has 5 nitrogen and oxygen atoms in total. The fraction of sp³-hybridized carbons (Fsp3) is 0.276. The van der Waals surface area contributed by atoms with Crippen molar-refractivity contribution >= 4 is 27.2 Å². The van der Waals surface area contributed by atoms with Crippen molar-refractivity contribution < 1.29 is 19.0 Å². The summed E-state index contributed by atoms with van der Waals surface area (Å²) in [5, 5.41) is 4.15. The molecule has 0 radical (unpaired) electrons. The fourth-order valence-electron chi connectivity index (χ4n) is 3.64. The standard InChI is InChI=1S/C27H27NO4S.C2H6/c1-4-28-15-16-32-21-11-5-18(6-12-21)26(29)25-23-14-13-22(31-3)17-24(23)33-27(25)19-7-9-20(30-2)10-8-19;1-2/h5-14,17,28H,4,15-16H2,1-3H3;1-2H3. The summed E-state index contributed by atoms with van der Waals surface area (Å²) in [6.45, 7) is 8.34. The van der Waals surface area contributed by atoms with Crippen LogP contribution in [0.5, 0.6) is 17.2 Å². The molecule has 1 heterocycles. The zero-order chi connectivity index (χ0) is 25.2.